The van der Waals surface area contributed by atoms with Gasteiger partial charge in [0.2, 0.25) is 0 Å². The summed E-state index contributed by atoms with van der Waals surface area (Å²) in [4.78, 5) is 11.8. The van der Waals surface area contributed by atoms with Crippen molar-refractivity contribution >= 4 is 21.9 Å². The second kappa shape index (κ2) is 5.27. The van der Waals surface area contributed by atoms with Crippen molar-refractivity contribution in [2.75, 3.05) is 0 Å². The highest BCUT2D eigenvalue weighted by Crippen LogP contribution is 2.36. The van der Waals surface area contributed by atoms with Crippen LogP contribution in [0.4, 0.5) is 0 Å². The van der Waals surface area contributed by atoms with Gasteiger partial charge < -0.3 is 4.74 Å². The molecule has 1 aromatic rings. The van der Waals surface area contributed by atoms with Crippen LogP contribution in [0, 0.1) is 0 Å². The van der Waals surface area contributed by atoms with Gasteiger partial charge in [0, 0.05) is 10.0 Å². The Morgan fingerprint density at radius 3 is 2.56 bits per heavy atom. The first-order valence-corrected chi connectivity index (χ1v) is 7.05. The van der Waals surface area contributed by atoms with Crippen LogP contribution in [0.1, 0.15) is 38.7 Å². The summed E-state index contributed by atoms with van der Waals surface area (Å²) < 4.78 is 6.56. The second-order valence-electron chi connectivity index (χ2n) is 4.78. The number of halogens is 1. The molecule has 1 aliphatic heterocycles. The van der Waals surface area contributed by atoms with Crippen molar-refractivity contribution < 1.29 is 9.53 Å². The summed E-state index contributed by atoms with van der Waals surface area (Å²) in [5.74, 6) is -0.172. The molecule has 0 bridgehead atoms. The lowest BCUT2D eigenvalue weighted by Crippen LogP contribution is -2.20. The number of ether oxygens (including phenoxy) is 1. The molecule has 0 radical (unpaired) electrons. The molecular formula is C15H17BrO2. The fraction of sp³-hybridized carbons (Fsp3) is 0.400. The van der Waals surface area contributed by atoms with Gasteiger partial charge in [-0.25, -0.2) is 4.79 Å². The molecular weight excluding hydrogens is 292 g/mol. The molecule has 0 fully saturated rings. The molecule has 0 N–H and O–H groups in total. The Labute approximate surface area is 116 Å². The molecule has 2 rings (SSSR count). The van der Waals surface area contributed by atoms with Crippen molar-refractivity contribution in [2.45, 2.75) is 38.7 Å². The molecule has 1 heterocycles. The first kappa shape index (κ1) is 13.3. The van der Waals surface area contributed by atoms with Crippen molar-refractivity contribution in [2.24, 2.45) is 0 Å². The predicted octanol–water partition coefficient (Wildman–Crippen LogP) is 4.34. The van der Waals surface area contributed by atoms with E-state index in [1.165, 1.54) is 0 Å². The van der Waals surface area contributed by atoms with E-state index in [1.807, 2.05) is 37.3 Å². The third kappa shape index (κ3) is 2.66. The van der Waals surface area contributed by atoms with Crippen molar-refractivity contribution in [1.29, 1.82) is 0 Å². The highest BCUT2D eigenvalue weighted by atomic mass is 79.9. The fourth-order valence-corrected chi connectivity index (χ4v) is 2.41. The van der Waals surface area contributed by atoms with Gasteiger partial charge in [-0.2, -0.15) is 0 Å². The summed E-state index contributed by atoms with van der Waals surface area (Å²) in [7, 11) is 0. The number of rotatable bonds is 4. The molecule has 96 valence electrons. The quantitative estimate of drug-likeness (QED) is 0.774. The summed E-state index contributed by atoms with van der Waals surface area (Å²) >= 11 is 3.41. The van der Waals surface area contributed by atoms with E-state index >= 15 is 0 Å². The maximum absolute atomic E-state index is 11.8. The van der Waals surface area contributed by atoms with E-state index in [2.05, 4.69) is 22.9 Å². The van der Waals surface area contributed by atoms with Gasteiger partial charge in [0.1, 0.15) is 0 Å². The Bertz CT molecular complexity index is 476. The van der Waals surface area contributed by atoms with Gasteiger partial charge in [-0.15, -0.1) is 0 Å². The molecule has 18 heavy (non-hydrogen) atoms. The zero-order valence-electron chi connectivity index (χ0n) is 10.7. The number of hydrogen-bond donors (Lipinski definition) is 0. The molecule has 0 amide bonds. The number of esters is 1. The topological polar surface area (TPSA) is 26.3 Å². The number of carbonyl (C=O) groups is 1. The smallest absolute Gasteiger partial charge is 0.335 e. The van der Waals surface area contributed by atoms with E-state index in [0.717, 1.165) is 34.9 Å². The van der Waals surface area contributed by atoms with Crippen LogP contribution in [-0.4, -0.2) is 5.97 Å². The van der Waals surface area contributed by atoms with E-state index < -0.39 is 5.60 Å². The average molecular weight is 309 g/mol. The van der Waals surface area contributed by atoms with E-state index in [4.69, 9.17) is 4.74 Å². The van der Waals surface area contributed by atoms with Crippen molar-refractivity contribution in [3.05, 3.63) is 46.0 Å². The van der Waals surface area contributed by atoms with Gasteiger partial charge in [-0.05, 0) is 43.5 Å². The third-order valence-corrected chi connectivity index (χ3v) is 3.76. The lowest BCUT2D eigenvalue weighted by atomic mass is 9.94. The van der Waals surface area contributed by atoms with E-state index in [0.29, 0.717) is 0 Å². The number of cyclic esters (lactones) is 1. The highest BCUT2D eigenvalue weighted by molar-refractivity contribution is 9.10. The van der Waals surface area contributed by atoms with Gasteiger partial charge in [0.05, 0.1) is 0 Å². The van der Waals surface area contributed by atoms with E-state index in [-0.39, 0.29) is 5.97 Å². The van der Waals surface area contributed by atoms with Crippen LogP contribution in [0.3, 0.4) is 0 Å². The van der Waals surface area contributed by atoms with Crippen LogP contribution in [0.5, 0.6) is 0 Å². The molecule has 0 saturated heterocycles. The van der Waals surface area contributed by atoms with Crippen molar-refractivity contribution in [3.63, 3.8) is 0 Å². The normalized spacial score (nSPS) is 22.8. The lowest BCUT2D eigenvalue weighted by Gasteiger charge is -2.21. The first-order chi connectivity index (χ1) is 8.55. The van der Waals surface area contributed by atoms with Crippen molar-refractivity contribution in [3.8, 4) is 0 Å². The zero-order chi connectivity index (χ0) is 13.2. The maximum atomic E-state index is 11.8. The van der Waals surface area contributed by atoms with Gasteiger partial charge >= 0.3 is 5.97 Å². The molecule has 1 aliphatic rings. The largest absolute Gasteiger partial charge is 0.447 e. The summed E-state index contributed by atoms with van der Waals surface area (Å²) in [6, 6.07) is 7.89. The number of hydrogen-bond acceptors (Lipinski definition) is 2. The lowest BCUT2D eigenvalue weighted by molar-refractivity contribution is -0.146. The zero-order valence-corrected chi connectivity index (χ0v) is 12.3. The molecule has 0 spiro atoms. The van der Waals surface area contributed by atoms with Gasteiger partial charge in [0.25, 0.3) is 0 Å². The standard InChI is InChI=1S/C15H17BrO2/c1-3-4-5-11-10-15(2,18-14(11)17)12-6-8-13(16)9-7-12/h6-10H,3-5H2,1-2H3/t15-/m1/s1. The summed E-state index contributed by atoms with van der Waals surface area (Å²) in [6.07, 6.45) is 4.88. The summed E-state index contributed by atoms with van der Waals surface area (Å²) in [5, 5.41) is 0. The average Bonchev–Trinajstić information content (AvgIpc) is 2.63. The Kier molecular flexibility index (Phi) is 3.91. The molecule has 2 nitrogen and oxygen atoms in total. The van der Waals surface area contributed by atoms with Gasteiger partial charge in [-0.1, -0.05) is 41.4 Å². The Hall–Kier alpha value is -1.09. The minimum Gasteiger partial charge on any atom is -0.447 e. The van der Waals surface area contributed by atoms with Crippen LogP contribution in [0.2, 0.25) is 0 Å². The van der Waals surface area contributed by atoms with Crippen LogP contribution in [0.15, 0.2) is 40.4 Å². The van der Waals surface area contributed by atoms with Gasteiger partial charge in [-0.3, -0.25) is 0 Å². The second-order valence-corrected chi connectivity index (χ2v) is 5.69. The molecule has 3 heteroatoms. The maximum Gasteiger partial charge on any atom is 0.335 e. The summed E-state index contributed by atoms with van der Waals surface area (Å²) in [6.45, 7) is 4.06. The Morgan fingerprint density at radius 2 is 1.94 bits per heavy atom. The Balaban J connectivity index is 2.24. The van der Waals surface area contributed by atoms with Crippen LogP contribution in [-0.2, 0) is 15.1 Å². The highest BCUT2D eigenvalue weighted by Gasteiger charge is 2.36. The van der Waals surface area contributed by atoms with Crippen LogP contribution in [0.25, 0.3) is 0 Å². The van der Waals surface area contributed by atoms with Gasteiger partial charge in [0.15, 0.2) is 5.60 Å². The van der Waals surface area contributed by atoms with Crippen LogP contribution < -0.4 is 0 Å². The SMILES string of the molecule is CCCCC1=C[C@](C)(c2ccc(Br)cc2)OC1=O. The predicted molar refractivity (Wildman–Crippen MR) is 75.2 cm³/mol. The third-order valence-electron chi connectivity index (χ3n) is 3.23. The molecule has 0 aliphatic carbocycles. The minimum absolute atomic E-state index is 0.172. The minimum atomic E-state index is -0.610. The molecule has 0 saturated carbocycles. The number of benzene rings is 1. The molecule has 0 unspecified atom stereocenters. The molecule has 1 atom stereocenters. The van der Waals surface area contributed by atoms with E-state index in [9.17, 15) is 4.79 Å². The molecule has 1 aromatic carbocycles. The number of unbranched alkanes of at least 4 members (excludes halogenated alkanes) is 1. The summed E-state index contributed by atoms with van der Waals surface area (Å²) in [5.41, 5.74) is 1.20. The number of carbonyl (C=O) groups excluding carboxylic acids is 1. The first-order valence-electron chi connectivity index (χ1n) is 6.26. The molecule has 0 aromatic heterocycles. The van der Waals surface area contributed by atoms with Crippen LogP contribution >= 0.6 is 15.9 Å². The van der Waals surface area contributed by atoms with E-state index in [1.54, 1.807) is 0 Å². The fourth-order valence-electron chi connectivity index (χ4n) is 2.14. The van der Waals surface area contributed by atoms with Crippen molar-refractivity contribution in [1.82, 2.24) is 0 Å². The monoisotopic (exact) mass is 308 g/mol. The Morgan fingerprint density at radius 1 is 1.28 bits per heavy atom.